The van der Waals surface area contributed by atoms with Gasteiger partial charge < -0.3 is 10.0 Å². The molecule has 1 aromatic rings. The molecular formula is C12H14I3N2NaO2. The summed E-state index contributed by atoms with van der Waals surface area (Å²) in [6.45, 7) is 0. The van der Waals surface area contributed by atoms with Crippen LogP contribution in [0.2, 0.25) is 0 Å². The number of halogens is 3. The van der Waals surface area contributed by atoms with Crippen LogP contribution in [-0.4, -0.2) is 66.0 Å². The standard InChI is InChI=1S/C12H13I3N2O2.Na.H/c1-17(2)6-16-12-9(14)5-8(13)7(11(12)15)3-4-10(18)19;;/h5-6H,3-4H2,1-2H3,(H,18,19);;/b16-6+;;. The number of hydrogen-bond acceptors (Lipinski definition) is 2. The molecule has 0 spiro atoms. The van der Waals surface area contributed by atoms with Crippen LogP contribution < -0.4 is 0 Å². The van der Waals surface area contributed by atoms with Crippen LogP contribution in [0.15, 0.2) is 11.1 Å². The summed E-state index contributed by atoms with van der Waals surface area (Å²) in [6.07, 6.45) is 2.43. The second kappa shape index (κ2) is 10.2. The summed E-state index contributed by atoms with van der Waals surface area (Å²) in [5, 5.41) is 8.81. The van der Waals surface area contributed by atoms with Gasteiger partial charge in [0.05, 0.1) is 12.0 Å². The minimum absolute atomic E-state index is 0. The second-order valence-corrected chi connectivity index (χ2v) is 7.49. The SMILES string of the molecule is CN(C)/C=N/c1c(I)cc(I)c(CCC(=O)O)c1I.[NaH]. The third-order valence-electron chi connectivity index (χ3n) is 2.25. The van der Waals surface area contributed by atoms with E-state index in [4.69, 9.17) is 5.11 Å². The van der Waals surface area contributed by atoms with Crippen molar-refractivity contribution in [1.82, 2.24) is 4.90 Å². The molecule has 0 radical (unpaired) electrons. The van der Waals surface area contributed by atoms with Gasteiger partial charge in [-0.2, -0.15) is 0 Å². The fourth-order valence-corrected chi connectivity index (χ4v) is 5.56. The van der Waals surface area contributed by atoms with E-state index in [9.17, 15) is 4.79 Å². The maximum atomic E-state index is 10.7. The Morgan fingerprint density at radius 1 is 1.35 bits per heavy atom. The molecule has 8 heteroatoms. The fraction of sp³-hybridized carbons (Fsp3) is 0.333. The van der Waals surface area contributed by atoms with Gasteiger partial charge in [0.15, 0.2) is 0 Å². The number of hydrogen-bond donors (Lipinski definition) is 1. The Morgan fingerprint density at radius 3 is 2.45 bits per heavy atom. The van der Waals surface area contributed by atoms with Gasteiger partial charge in [-0.15, -0.1) is 0 Å². The van der Waals surface area contributed by atoms with Crippen molar-refractivity contribution < 1.29 is 9.90 Å². The zero-order valence-corrected chi connectivity index (χ0v) is 16.9. The van der Waals surface area contributed by atoms with E-state index in [2.05, 4.69) is 72.8 Å². The average molecular weight is 622 g/mol. The first-order valence-corrected chi connectivity index (χ1v) is 8.65. The fourth-order valence-electron chi connectivity index (χ4n) is 1.37. The summed E-state index contributed by atoms with van der Waals surface area (Å²) >= 11 is 6.76. The number of carbonyl (C=O) groups is 1. The number of carboxylic acids is 1. The van der Waals surface area contributed by atoms with Crippen LogP contribution in [-0.2, 0) is 11.2 Å². The van der Waals surface area contributed by atoms with Crippen molar-refractivity contribution >= 4 is 115 Å². The summed E-state index contributed by atoms with van der Waals surface area (Å²) in [5.41, 5.74) is 1.98. The van der Waals surface area contributed by atoms with Gasteiger partial charge >= 0.3 is 35.5 Å². The predicted octanol–water partition coefficient (Wildman–Crippen LogP) is 3.09. The van der Waals surface area contributed by atoms with Gasteiger partial charge in [0.1, 0.15) is 0 Å². The topological polar surface area (TPSA) is 52.9 Å². The van der Waals surface area contributed by atoms with Crippen LogP contribution in [0.1, 0.15) is 12.0 Å². The van der Waals surface area contributed by atoms with E-state index in [1.807, 2.05) is 25.1 Å². The third-order valence-corrected chi connectivity index (χ3v) is 5.19. The van der Waals surface area contributed by atoms with Crippen molar-refractivity contribution in [2.45, 2.75) is 12.8 Å². The molecule has 0 aromatic heterocycles. The molecule has 1 rings (SSSR count). The van der Waals surface area contributed by atoms with Gasteiger partial charge in [0.2, 0.25) is 0 Å². The van der Waals surface area contributed by atoms with Crippen molar-refractivity contribution in [3.8, 4) is 0 Å². The second-order valence-electron chi connectivity index (χ2n) is 4.08. The Labute approximate surface area is 181 Å². The van der Waals surface area contributed by atoms with Crippen LogP contribution >= 0.6 is 67.8 Å². The molecule has 0 aliphatic rings. The van der Waals surface area contributed by atoms with Crippen LogP contribution in [0.3, 0.4) is 0 Å². The van der Waals surface area contributed by atoms with Gasteiger partial charge in [-0.05, 0) is 85.8 Å². The Kier molecular flexibility index (Phi) is 10.9. The Bertz CT molecular complexity index is 522. The molecule has 0 atom stereocenters. The van der Waals surface area contributed by atoms with Crippen LogP contribution in [0.5, 0.6) is 0 Å². The van der Waals surface area contributed by atoms with Gasteiger partial charge in [-0.3, -0.25) is 4.79 Å². The number of aliphatic imine (C=N–C) groups is 1. The predicted molar refractivity (Wildman–Crippen MR) is 110 cm³/mol. The maximum absolute atomic E-state index is 10.7. The van der Waals surface area contributed by atoms with E-state index in [1.54, 1.807) is 6.34 Å². The molecule has 0 saturated carbocycles. The van der Waals surface area contributed by atoms with E-state index >= 15 is 0 Å². The molecule has 20 heavy (non-hydrogen) atoms. The number of carboxylic acid groups (broad SMARTS) is 1. The summed E-state index contributed by atoms with van der Waals surface area (Å²) in [7, 11) is 3.84. The van der Waals surface area contributed by atoms with Crippen LogP contribution in [0.4, 0.5) is 5.69 Å². The Morgan fingerprint density at radius 2 is 1.95 bits per heavy atom. The van der Waals surface area contributed by atoms with E-state index in [0.29, 0.717) is 6.42 Å². The molecule has 106 valence electrons. The van der Waals surface area contributed by atoms with Crippen LogP contribution in [0.25, 0.3) is 0 Å². The Balaban J connectivity index is 0.00000361. The van der Waals surface area contributed by atoms with Crippen molar-refractivity contribution in [1.29, 1.82) is 0 Å². The molecule has 0 amide bonds. The van der Waals surface area contributed by atoms with Gasteiger partial charge in [0, 0.05) is 31.2 Å². The summed E-state index contributed by atoms with van der Waals surface area (Å²) in [4.78, 5) is 17.1. The zero-order valence-electron chi connectivity index (χ0n) is 10.5. The molecule has 1 N–H and O–H groups in total. The first kappa shape index (κ1) is 21.4. The normalized spacial score (nSPS) is 10.4. The molecule has 0 aliphatic carbocycles. The first-order chi connectivity index (χ1) is 8.82. The first-order valence-electron chi connectivity index (χ1n) is 5.41. The molecule has 1 aromatic carbocycles. The summed E-state index contributed by atoms with van der Waals surface area (Å²) < 4.78 is 3.20. The van der Waals surface area contributed by atoms with Crippen molar-refractivity contribution in [3.05, 3.63) is 22.3 Å². The van der Waals surface area contributed by atoms with E-state index in [1.165, 1.54) is 0 Å². The average Bonchev–Trinajstić information content (AvgIpc) is 2.27. The van der Waals surface area contributed by atoms with Crippen molar-refractivity contribution in [2.75, 3.05) is 14.1 Å². The molecule has 0 fully saturated rings. The van der Waals surface area contributed by atoms with Crippen molar-refractivity contribution in [3.63, 3.8) is 0 Å². The monoisotopic (exact) mass is 622 g/mol. The van der Waals surface area contributed by atoms with E-state index in [-0.39, 0.29) is 36.0 Å². The van der Waals surface area contributed by atoms with E-state index < -0.39 is 5.97 Å². The molecule has 0 bridgehead atoms. The molecule has 0 unspecified atom stereocenters. The molecule has 0 aliphatic heterocycles. The third kappa shape index (κ3) is 6.63. The molecule has 0 heterocycles. The number of rotatable bonds is 5. The minimum atomic E-state index is -0.775. The molecular weight excluding hydrogens is 608 g/mol. The van der Waals surface area contributed by atoms with Crippen LogP contribution in [0, 0.1) is 10.7 Å². The summed E-state index contributed by atoms with van der Waals surface area (Å²) in [6, 6.07) is 2.04. The zero-order chi connectivity index (χ0) is 14.6. The van der Waals surface area contributed by atoms with Crippen molar-refractivity contribution in [2.24, 2.45) is 4.99 Å². The summed E-state index contributed by atoms with van der Waals surface area (Å²) in [5.74, 6) is -0.775. The number of nitrogens with zero attached hydrogens (tertiary/aromatic N) is 2. The number of aliphatic carboxylic acids is 1. The Hall–Kier alpha value is 1.35. The van der Waals surface area contributed by atoms with Gasteiger partial charge in [0.25, 0.3) is 0 Å². The molecule has 4 nitrogen and oxygen atoms in total. The quantitative estimate of drug-likeness (QED) is 0.238. The van der Waals surface area contributed by atoms with Gasteiger partial charge in [-0.1, -0.05) is 0 Å². The number of benzene rings is 1. The van der Waals surface area contributed by atoms with Gasteiger partial charge in [-0.25, -0.2) is 4.99 Å². The molecule has 0 saturated heterocycles. The van der Waals surface area contributed by atoms with E-state index in [0.717, 1.165) is 22.0 Å².